The lowest BCUT2D eigenvalue weighted by atomic mass is 10.2. The second kappa shape index (κ2) is 9.54. The van der Waals surface area contributed by atoms with Gasteiger partial charge in [0.25, 0.3) is 5.91 Å². The number of hydrogen-bond donors (Lipinski definition) is 0. The maximum absolute atomic E-state index is 12.7. The highest BCUT2D eigenvalue weighted by atomic mass is 32.2. The van der Waals surface area contributed by atoms with Crippen molar-refractivity contribution in [3.8, 4) is 5.75 Å². The third-order valence-electron chi connectivity index (χ3n) is 4.77. The van der Waals surface area contributed by atoms with E-state index in [0.29, 0.717) is 28.8 Å². The van der Waals surface area contributed by atoms with Crippen LogP contribution in [0.5, 0.6) is 5.75 Å². The molecule has 2 aliphatic rings. The van der Waals surface area contributed by atoms with Crippen molar-refractivity contribution < 1.29 is 14.3 Å². The molecule has 8 heteroatoms. The second-order valence-electron chi connectivity index (χ2n) is 6.77. The van der Waals surface area contributed by atoms with Gasteiger partial charge >= 0.3 is 0 Å². The summed E-state index contributed by atoms with van der Waals surface area (Å²) in [4.78, 5) is 31.3. The molecular weight excluding hydrogens is 394 g/mol. The Labute approximate surface area is 175 Å². The molecule has 2 aliphatic heterocycles. The van der Waals surface area contributed by atoms with Crippen LogP contribution in [-0.4, -0.2) is 77.2 Å². The first kappa shape index (κ1) is 20.8. The quantitative estimate of drug-likeness (QED) is 0.522. The zero-order valence-electron chi connectivity index (χ0n) is 16.2. The number of thioether (sulfide) groups is 1. The zero-order chi connectivity index (χ0) is 20.1. The van der Waals surface area contributed by atoms with Crippen LogP contribution >= 0.6 is 24.0 Å². The highest BCUT2D eigenvalue weighted by molar-refractivity contribution is 8.26. The summed E-state index contributed by atoms with van der Waals surface area (Å²) in [5, 5.41) is 0. The van der Waals surface area contributed by atoms with Crippen LogP contribution in [0.2, 0.25) is 0 Å². The average Bonchev–Trinajstić information content (AvgIpc) is 2.95. The molecule has 2 saturated heterocycles. The van der Waals surface area contributed by atoms with E-state index in [4.69, 9.17) is 17.0 Å². The van der Waals surface area contributed by atoms with E-state index in [9.17, 15) is 9.59 Å². The Balaban J connectivity index is 1.57. The Bertz CT molecular complexity index is 771. The summed E-state index contributed by atoms with van der Waals surface area (Å²) >= 11 is 6.65. The van der Waals surface area contributed by atoms with Gasteiger partial charge in [-0.25, -0.2) is 0 Å². The Hall–Kier alpha value is -1.90. The highest BCUT2D eigenvalue weighted by Crippen LogP contribution is 2.32. The predicted octanol–water partition coefficient (Wildman–Crippen LogP) is 2.45. The van der Waals surface area contributed by atoms with Crippen molar-refractivity contribution in [2.24, 2.45) is 0 Å². The van der Waals surface area contributed by atoms with Crippen molar-refractivity contribution in [2.75, 3.05) is 46.4 Å². The third-order valence-corrected chi connectivity index (χ3v) is 6.15. The van der Waals surface area contributed by atoms with Gasteiger partial charge in [-0.05, 0) is 37.7 Å². The summed E-state index contributed by atoms with van der Waals surface area (Å²) in [5.74, 6) is 0.752. The summed E-state index contributed by atoms with van der Waals surface area (Å²) in [6.07, 6.45) is 2.13. The number of ether oxygens (including phenoxy) is 1. The van der Waals surface area contributed by atoms with Gasteiger partial charge in [-0.3, -0.25) is 14.5 Å². The molecule has 0 atom stereocenters. The monoisotopic (exact) mass is 419 g/mol. The normalized spacial score (nSPS) is 19.6. The van der Waals surface area contributed by atoms with Crippen LogP contribution < -0.4 is 4.74 Å². The molecule has 2 fully saturated rings. The van der Waals surface area contributed by atoms with Crippen molar-refractivity contribution in [3.63, 3.8) is 0 Å². The lowest BCUT2D eigenvalue weighted by molar-refractivity contribution is -0.133. The van der Waals surface area contributed by atoms with Gasteiger partial charge < -0.3 is 14.5 Å². The van der Waals surface area contributed by atoms with E-state index in [0.717, 1.165) is 37.5 Å². The lowest BCUT2D eigenvalue weighted by Crippen LogP contribution is -2.47. The van der Waals surface area contributed by atoms with Crippen LogP contribution in [0.3, 0.4) is 0 Å². The first-order valence-electron chi connectivity index (χ1n) is 9.42. The van der Waals surface area contributed by atoms with E-state index in [1.54, 1.807) is 0 Å². The first-order chi connectivity index (χ1) is 13.5. The molecule has 0 bridgehead atoms. The van der Waals surface area contributed by atoms with Crippen molar-refractivity contribution >= 4 is 46.2 Å². The van der Waals surface area contributed by atoms with Crippen LogP contribution in [0, 0.1) is 0 Å². The van der Waals surface area contributed by atoms with Crippen LogP contribution in [0.25, 0.3) is 6.08 Å². The number of rotatable bonds is 6. The van der Waals surface area contributed by atoms with Crippen molar-refractivity contribution in [3.05, 3.63) is 34.7 Å². The fourth-order valence-corrected chi connectivity index (χ4v) is 4.40. The van der Waals surface area contributed by atoms with Crippen LogP contribution in [-0.2, 0) is 9.59 Å². The van der Waals surface area contributed by atoms with Gasteiger partial charge in [-0.2, -0.15) is 0 Å². The SMILES string of the molecule is CCOc1ccc(/C=C2/SC(=S)N(CCC(=O)N3CCN(C)CC3)C2=O)cc1. The van der Waals surface area contributed by atoms with Gasteiger partial charge in [0.05, 0.1) is 11.5 Å². The molecule has 3 rings (SSSR count). The number of piperazine rings is 1. The van der Waals surface area contributed by atoms with Crippen molar-refractivity contribution in [2.45, 2.75) is 13.3 Å². The molecule has 150 valence electrons. The molecule has 0 aliphatic carbocycles. The molecule has 0 radical (unpaired) electrons. The smallest absolute Gasteiger partial charge is 0.266 e. The van der Waals surface area contributed by atoms with Gasteiger partial charge in [0.2, 0.25) is 5.91 Å². The van der Waals surface area contributed by atoms with Crippen LogP contribution in [0.1, 0.15) is 18.9 Å². The van der Waals surface area contributed by atoms with Crippen molar-refractivity contribution in [1.82, 2.24) is 14.7 Å². The molecule has 6 nitrogen and oxygen atoms in total. The van der Waals surface area contributed by atoms with Gasteiger partial charge in [0.15, 0.2) is 0 Å². The molecule has 0 spiro atoms. The topological polar surface area (TPSA) is 53.1 Å². The number of carbonyl (C=O) groups excluding carboxylic acids is 2. The number of thiocarbonyl (C=S) groups is 1. The minimum absolute atomic E-state index is 0.0812. The van der Waals surface area contributed by atoms with E-state index < -0.39 is 0 Å². The lowest BCUT2D eigenvalue weighted by Gasteiger charge is -2.32. The summed E-state index contributed by atoms with van der Waals surface area (Å²) < 4.78 is 5.94. The predicted molar refractivity (Wildman–Crippen MR) is 116 cm³/mol. The van der Waals surface area contributed by atoms with E-state index >= 15 is 0 Å². The Kier molecular flexibility index (Phi) is 7.09. The molecule has 1 aromatic rings. The molecule has 0 unspecified atom stereocenters. The summed E-state index contributed by atoms with van der Waals surface area (Å²) in [7, 11) is 2.05. The average molecular weight is 420 g/mol. The summed E-state index contributed by atoms with van der Waals surface area (Å²) in [5.41, 5.74) is 0.914. The van der Waals surface area contributed by atoms with Crippen molar-refractivity contribution in [1.29, 1.82) is 0 Å². The van der Waals surface area contributed by atoms with Gasteiger partial charge in [0, 0.05) is 39.1 Å². The fraction of sp³-hybridized carbons (Fsp3) is 0.450. The van der Waals surface area contributed by atoms with E-state index in [-0.39, 0.29) is 11.8 Å². The Morgan fingerprint density at radius 2 is 1.89 bits per heavy atom. The summed E-state index contributed by atoms with van der Waals surface area (Å²) in [6, 6.07) is 7.58. The molecular formula is C20H25N3O3S2. The minimum Gasteiger partial charge on any atom is -0.494 e. The molecule has 0 aromatic heterocycles. The number of likely N-dealkylation sites (N-methyl/N-ethyl adjacent to an activating group) is 1. The molecule has 28 heavy (non-hydrogen) atoms. The zero-order valence-corrected chi connectivity index (χ0v) is 17.9. The number of nitrogens with zero attached hydrogens (tertiary/aromatic N) is 3. The molecule has 2 heterocycles. The van der Waals surface area contributed by atoms with Crippen LogP contribution in [0.4, 0.5) is 0 Å². The number of carbonyl (C=O) groups is 2. The maximum Gasteiger partial charge on any atom is 0.266 e. The standard InChI is InChI=1S/C20H25N3O3S2/c1-3-26-16-6-4-15(5-7-16)14-17-19(25)23(20(27)28-17)9-8-18(24)22-12-10-21(2)11-13-22/h4-7,14H,3,8-13H2,1-2H3/b17-14+. The molecule has 0 N–H and O–H groups in total. The van der Waals surface area contributed by atoms with Gasteiger partial charge in [-0.15, -0.1) is 0 Å². The van der Waals surface area contributed by atoms with Gasteiger partial charge in [-0.1, -0.05) is 36.1 Å². The maximum atomic E-state index is 12.7. The highest BCUT2D eigenvalue weighted by Gasteiger charge is 2.32. The number of hydrogen-bond acceptors (Lipinski definition) is 6. The first-order valence-corrected chi connectivity index (χ1v) is 10.6. The number of benzene rings is 1. The molecule has 2 amide bonds. The molecule has 0 saturated carbocycles. The largest absolute Gasteiger partial charge is 0.494 e. The third kappa shape index (κ3) is 5.12. The Morgan fingerprint density at radius 1 is 1.21 bits per heavy atom. The van der Waals surface area contributed by atoms with E-state index in [1.807, 2.05) is 42.2 Å². The second-order valence-corrected chi connectivity index (χ2v) is 8.45. The van der Waals surface area contributed by atoms with Gasteiger partial charge in [0.1, 0.15) is 10.1 Å². The van der Waals surface area contributed by atoms with E-state index in [2.05, 4.69) is 11.9 Å². The Morgan fingerprint density at radius 3 is 2.54 bits per heavy atom. The molecule has 1 aromatic carbocycles. The summed E-state index contributed by atoms with van der Waals surface area (Å²) in [6.45, 7) is 6.14. The van der Waals surface area contributed by atoms with Crippen LogP contribution in [0.15, 0.2) is 29.2 Å². The minimum atomic E-state index is -0.130. The van der Waals surface area contributed by atoms with E-state index in [1.165, 1.54) is 16.7 Å². The number of amides is 2. The fourth-order valence-electron chi connectivity index (χ4n) is 3.09.